The summed E-state index contributed by atoms with van der Waals surface area (Å²) in [4.78, 5) is 22.7. The van der Waals surface area contributed by atoms with Crippen molar-refractivity contribution in [3.8, 4) is 0 Å². The lowest BCUT2D eigenvalue weighted by atomic mass is 10.1. The van der Waals surface area contributed by atoms with E-state index in [1.165, 1.54) is 10.7 Å². The predicted octanol–water partition coefficient (Wildman–Crippen LogP) is 1.12. The first-order chi connectivity index (χ1) is 7.49. The number of carboxylic acids is 1. The third-order valence-corrected chi connectivity index (χ3v) is 2.39. The number of aromatic carboxylic acids is 1. The van der Waals surface area contributed by atoms with Crippen LogP contribution in [0.1, 0.15) is 35.0 Å². The van der Waals surface area contributed by atoms with Crippen LogP contribution in [0.2, 0.25) is 0 Å². The lowest BCUT2D eigenvalue weighted by molar-refractivity contribution is 0.0694. The summed E-state index contributed by atoms with van der Waals surface area (Å²) in [7, 11) is 0. The number of carbonyl (C=O) groups is 1. The molecule has 0 spiro atoms. The van der Waals surface area contributed by atoms with Crippen LogP contribution in [0.3, 0.4) is 0 Å². The van der Waals surface area contributed by atoms with Gasteiger partial charge in [0.25, 0.3) is 5.56 Å². The van der Waals surface area contributed by atoms with Gasteiger partial charge < -0.3 is 10.5 Å². The summed E-state index contributed by atoms with van der Waals surface area (Å²) in [6.45, 7) is 5.85. The molecule has 88 valence electrons. The van der Waals surface area contributed by atoms with E-state index in [0.29, 0.717) is 17.8 Å². The smallest absolute Gasteiger partial charge is 0.337 e. The van der Waals surface area contributed by atoms with Crippen LogP contribution in [-0.2, 0) is 0 Å². The van der Waals surface area contributed by atoms with Crippen LogP contribution in [-0.4, -0.2) is 22.3 Å². The second-order valence-corrected chi connectivity index (χ2v) is 3.67. The van der Waals surface area contributed by atoms with Crippen molar-refractivity contribution in [3.63, 3.8) is 0 Å². The van der Waals surface area contributed by atoms with Crippen molar-refractivity contribution in [2.45, 2.75) is 27.2 Å². The van der Waals surface area contributed by atoms with Gasteiger partial charge in [-0.05, 0) is 25.8 Å². The van der Waals surface area contributed by atoms with Gasteiger partial charge in [-0.2, -0.15) is 0 Å². The molecule has 0 aliphatic carbocycles. The molecule has 0 aliphatic rings. The van der Waals surface area contributed by atoms with Crippen LogP contribution in [0.5, 0.6) is 0 Å². The van der Waals surface area contributed by atoms with Gasteiger partial charge in [0.15, 0.2) is 0 Å². The van der Waals surface area contributed by atoms with E-state index in [1.807, 2.05) is 6.92 Å². The number of aromatic nitrogens is 1. The molecule has 0 aliphatic heterocycles. The SMILES string of the molecule is CCCNn1c(C)c(C(=O)O)c(C)cc1=O. The van der Waals surface area contributed by atoms with E-state index in [9.17, 15) is 9.59 Å². The summed E-state index contributed by atoms with van der Waals surface area (Å²) in [6, 6.07) is 1.33. The van der Waals surface area contributed by atoms with Gasteiger partial charge in [-0.3, -0.25) is 4.79 Å². The van der Waals surface area contributed by atoms with Gasteiger partial charge in [-0.15, -0.1) is 0 Å². The summed E-state index contributed by atoms with van der Waals surface area (Å²) in [6.07, 6.45) is 0.863. The van der Waals surface area contributed by atoms with E-state index in [-0.39, 0.29) is 11.1 Å². The molecule has 1 aromatic rings. The highest BCUT2D eigenvalue weighted by Gasteiger charge is 2.15. The molecular formula is C11H16N2O3. The standard InChI is InChI=1S/C11H16N2O3/c1-4-5-12-13-8(3)10(11(15)16)7(2)6-9(13)14/h6,12H,4-5H2,1-3H3,(H,15,16). The second kappa shape index (κ2) is 4.83. The molecule has 16 heavy (non-hydrogen) atoms. The fourth-order valence-electron chi connectivity index (χ4n) is 1.63. The Balaban J connectivity index is 3.33. The van der Waals surface area contributed by atoms with Crippen molar-refractivity contribution in [2.75, 3.05) is 12.0 Å². The molecule has 0 radical (unpaired) electrons. The molecule has 5 heteroatoms. The first-order valence-corrected chi connectivity index (χ1v) is 5.19. The predicted molar refractivity (Wildman–Crippen MR) is 61.7 cm³/mol. The Kier molecular flexibility index (Phi) is 3.71. The van der Waals surface area contributed by atoms with Crippen LogP contribution in [0.4, 0.5) is 0 Å². The third-order valence-electron chi connectivity index (χ3n) is 2.39. The van der Waals surface area contributed by atoms with Crippen molar-refractivity contribution in [3.05, 3.63) is 33.2 Å². The Morgan fingerprint density at radius 3 is 2.62 bits per heavy atom. The minimum atomic E-state index is -1.01. The van der Waals surface area contributed by atoms with Crippen molar-refractivity contribution < 1.29 is 9.90 Å². The lowest BCUT2D eigenvalue weighted by Gasteiger charge is -2.15. The van der Waals surface area contributed by atoms with Crippen molar-refractivity contribution in [1.29, 1.82) is 0 Å². The molecular weight excluding hydrogens is 208 g/mol. The Hall–Kier alpha value is -1.78. The van der Waals surface area contributed by atoms with E-state index in [2.05, 4.69) is 5.43 Å². The molecule has 1 heterocycles. The van der Waals surface area contributed by atoms with Crippen LogP contribution in [0, 0.1) is 13.8 Å². The number of carboxylic acid groups (broad SMARTS) is 1. The molecule has 0 bridgehead atoms. The number of hydrogen-bond acceptors (Lipinski definition) is 3. The van der Waals surface area contributed by atoms with Crippen LogP contribution in [0.25, 0.3) is 0 Å². The molecule has 0 unspecified atom stereocenters. The van der Waals surface area contributed by atoms with Gasteiger partial charge in [-0.25, -0.2) is 9.47 Å². The normalized spacial score (nSPS) is 10.2. The summed E-state index contributed by atoms with van der Waals surface area (Å²) < 4.78 is 1.29. The monoisotopic (exact) mass is 224 g/mol. The Morgan fingerprint density at radius 1 is 1.50 bits per heavy atom. The Morgan fingerprint density at radius 2 is 2.12 bits per heavy atom. The number of pyridine rings is 1. The lowest BCUT2D eigenvalue weighted by Crippen LogP contribution is -2.33. The third kappa shape index (κ3) is 2.24. The van der Waals surface area contributed by atoms with Gasteiger partial charge in [0, 0.05) is 12.6 Å². The number of rotatable bonds is 4. The maximum atomic E-state index is 11.6. The minimum Gasteiger partial charge on any atom is -0.478 e. The summed E-state index contributed by atoms with van der Waals surface area (Å²) in [5.74, 6) is -1.01. The number of aryl methyl sites for hydroxylation is 1. The fraction of sp³-hybridized carbons (Fsp3) is 0.455. The van der Waals surface area contributed by atoms with E-state index < -0.39 is 5.97 Å². The Labute approximate surface area is 93.7 Å². The molecule has 0 fully saturated rings. The highest BCUT2D eigenvalue weighted by atomic mass is 16.4. The van der Waals surface area contributed by atoms with E-state index >= 15 is 0 Å². The molecule has 0 atom stereocenters. The quantitative estimate of drug-likeness (QED) is 0.803. The molecule has 0 saturated heterocycles. The van der Waals surface area contributed by atoms with Gasteiger partial charge in [-0.1, -0.05) is 6.92 Å². The number of nitrogens with zero attached hydrogens (tertiary/aromatic N) is 1. The number of nitrogens with one attached hydrogen (secondary N) is 1. The van der Waals surface area contributed by atoms with Crippen LogP contribution in [0.15, 0.2) is 10.9 Å². The highest BCUT2D eigenvalue weighted by molar-refractivity contribution is 5.90. The molecule has 0 saturated carbocycles. The average Bonchev–Trinajstić information content (AvgIpc) is 2.16. The largest absolute Gasteiger partial charge is 0.478 e. The summed E-state index contributed by atoms with van der Waals surface area (Å²) >= 11 is 0. The van der Waals surface area contributed by atoms with Crippen molar-refractivity contribution in [2.24, 2.45) is 0 Å². The Bertz CT molecular complexity index is 463. The maximum absolute atomic E-state index is 11.6. The first-order valence-electron chi connectivity index (χ1n) is 5.19. The average molecular weight is 224 g/mol. The molecule has 2 N–H and O–H groups in total. The summed E-state index contributed by atoms with van der Waals surface area (Å²) in [5, 5.41) is 9.04. The van der Waals surface area contributed by atoms with E-state index in [0.717, 1.165) is 6.42 Å². The zero-order chi connectivity index (χ0) is 12.3. The first kappa shape index (κ1) is 12.3. The molecule has 1 aromatic heterocycles. The molecule has 0 amide bonds. The number of hydrogen-bond donors (Lipinski definition) is 2. The zero-order valence-electron chi connectivity index (χ0n) is 9.70. The molecule has 1 rings (SSSR count). The van der Waals surface area contributed by atoms with Crippen molar-refractivity contribution >= 4 is 5.97 Å². The topological polar surface area (TPSA) is 71.3 Å². The van der Waals surface area contributed by atoms with Gasteiger partial charge >= 0.3 is 5.97 Å². The minimum absolute atomic E-state index is 0.184. The molecule has 5 nitrogen and oxygen atoms in total. The van der Waals surface area contributed by atoms with Gasteiger partial charge in [0.2, 0.25) is 0 Å². The highest BCUT2D eigenvalue weighted by Crippen LogP contribution is 2.09. The summed E-state index contributed by atoms with van der Waals surface area (Å²) in [5.41, 5.74) is 3.78. The van der Waals surface area contributed by atoms with E-state index in [4.69, 9.17) is 5.11 Å². The molecule has 0 aromatic carbocycles. The van der Waals surface area contributed by atoms with E-state index in [1.54, 1.807) is 13.8 Å². The second-order valence-electron chi connectivity index (χ2n) is 3.67. The van der Waals surface area contributed by atoms with Crippen LogP contribution < -0.4 is 11.0 Å². The zero-order valence-corrected chi connectivity index (χ0v) is 9.70. The van der Waals surface area contributed by atoms with Crippen LogP contribution >= 0.6 is 0 Å². The maximum Gasteiger partial charge on any atom is 0.337 e. The fourth-order valence-corrected chi connectivity index (χ4v) is 1.63. The van der Waals surface area contributed by atoms with Gasteiger partial charge in [0.05, 0.1) is 11.3 Å². The van der Waals surface area contributed by atoms with Gasteiger partial charge in [0.1, 0.15) is 0 Å². The van der Waals surface area contributed by atoms with Crippen molar-refractivity contribution in [1.82, 2.24) is 4.68 Å².